The van der Waals surface area contributed by atoms with E-state index in [0.29, 0.717) is 11.3 Å². The van der Waals surface area contributed by atoms with Gasteiger partial charge < -0.3 is 4.84 Å². The van der Waals surface area contributed by atoms with Crippen LogP contribution in [0, 0.1) is 6.92 Å². The Bertz CT molecular complexity index is 1330. The minimum atomic E-state index is -4.02. The van der Waals surface area contributed by atoms with Gasteiger partial charge in [0.2, 0.25) is 11.5 Å². The van der Waals surface area contributed by atoms with Crippen LogP contribution in [0.2, 0.25) is 0 Å². The van der Waals surface area contributed by atoms with Gasteiger partial charge in [-0.25, -0.2) is 0 Å². The van der Waals surface area contributed by atoms with Crippen LogP contribution in [0.3, 0.4) is 0 Å². The third-order valence-electron chi connectivity index (χ3n) is 4.56. The normalized spacial score (nSPS) is 16.9. The maximum atomic E-state index is 12.8. The standard InChI is InChI=1S/C23H16N2O5S/c1-15-6-12-18(13-7-15)31(28,29)25-21-14-22(23(27)20-5-3-2-4-19(20)21)30-24-16-8-10-17(26)11-9-16/h2-14H,1H3/b25-21-. The molecule has 0 aliphatic heterocycles. The third kappa shape index (κ3) is 4.34. The lowest BCUT2D eigenvalue weighted by molar-refractivity contribution is -0.110. The van der Waals surface area contributed by atoms with Gasteiger partial charge in [-0.15, -0.1) is 0 Å². The molecule has 0 amide bonds. The predicted molar refractivity (Wildman–Crippen MR) is 116 cm³/mol. The minimum absolute atomic E-state index is 0.0400. The fourth-order valence-corrected chi connectivity index (χ4v) is 3.94. The molecule has 2 aliphatic carbocycles. The van der Waals surface area contributed by atoms with Gasteiger partial charge in [0, 0.05) is 17.2 Å². The molecule has 0 atom stereocenters. The number of benzene rings is 2. The summed E-state index contributed by atoms with van der Waals surface area (Å²) in [4.78, 5) is 29.4. The quantitative estimate of drug-likeness (QED) is 0.545. The summed E-state index contributed by atoms with van der Waals surface area (Å²) in [5.41, 5.74) is 1.95. The lowest BCUT2D eigenvalue weighted by Crippen LogP contribution is -2.19. The number of hydrogen-bond acceptors (Lipinski definition) is 6. The van der Waals surface area contributed by atoms with E-state index in [2.05, 4.69) is 9.55 Å². The Morgan fingerprint density at radius 2 is 1.48 bits per heavy atom. The Hall–Kier alpha value is -3.91. The number of hydrogen-bond donors (Lipinski definition) is 0. The minimum Gasteiger partial charge on any atom is -0.352 e. The van der Waals surface area contributed by atoms with E-state index in [1.807, 2.05) is 6.92 Å². The highest BCUT2D eigenvalue weighted by atomic mass is 32.2. The molecule has 0 aromatic heterocycles. The molecule has 0 saturated heterocycles. The Morgan fingerprint density at radius 1 is 0.839 bits per heavy atom. The second-order valence-corrected chi connectivity index (χ2v) is 8.43. The van der Waals surface area contributed by atoms with Crippen molar-refractivity contribution in [3.63, 3.8) is 0 Å². The lowest BCUT2D eigenvalue weighted by Gasteiger charge is -2.16. The molecule has 0 spiro atoms. The van der Waals surface area contributed by atoms with Crippen molar-refractivity contribution in [1.29, 1.82) is 0 Å². The molecule has 2 aromatic carbocycles. The molecule has 2 aliphatic rings. The van der Waals surface area contributed by atoms with Crippen LogP contribution in [-0.4, -0.2) is 31.4 Å². The number of allylic oxidation sites excluding steroid dienone is 6. The molecule has 0 heterocycles. The number of fused-ring (bicyclic) bond motifs is 1. The smallest absolute Gasteiger partial charge is 0.282 e. The van der Waals surface area contributed by atoms with Crippen molar-refractivity contribution in [2.24, 2.45) is 9.55 Å². The molecule has 8 heteroatoms. The molecule has 0 bridgehead atoms. The van der Waals surface area contributed by atoms with E-state index in [1.165, 1.54) is 42.5 Å². The van der Waals surface area contributed by atoms with E-state index in [4.69, 9.17) is 4.84 Å². The first-order valence-electron chi connectivity index (χ1n) is 9.26. The first-order valence-corrected chi connectivity index (χ1v) is 10.7. The van der Waals surface area contributed by atoms with Gasteiger partial charge in [0.05, 0.1) is 10.6 Å². The van der Waals surface area contributed by atoms with Crippen molar-refractivity contribution in [3.8, 4) is 0 Å². The zero-order valence-corrected chi connectivity index (χ0v) is 17.2. The van der Waals surface area contributed by atoms with Crippen LogP contribution >= 0.6 is 0 Å². The first-order chi connectivity index (χ1) is 14.8. The Morgan fingerprint density at radius 3 is 2.16 bits per heavy atom. The summed E-state index contributed by atoms with van der Waals surface area (Å²) in [7, 11) is -4.02. The van der Waals surface area contributed by atoms with E-state index < -0.39 is 15.8 Å². The van der Waals surface area contributed by atoms with Gasteiger partial charge in [0.25, 0.3) is 10.0 Å². The zero-order valence-electron chi connectivity index (χ0n) is 16.3. The monoisotopic (exact) mass is 432 g/mol. The number of nitrogens with zero attached hydrogens (tertiary/aromatic N) is 2. The Kier molecular flexibility index (Phi) is 5.31. The Balaban J connectivity index is 1.75. The molecule has 2 aromatic rings. The first kappa shape index (κ1) is 20.4. The van der Waals surface area contributed by atoms with E-state index in [9.17, 15) is 18.0 Å². The fourth-order valence-electron chi connectivity index (χ4n) is 2.95. The molecule has 0 N–H and O–H groups in total. The molecule has 0 radical (unpaired) electrons. The van der Waals surface area contributed by atoms with E-state index in [0.717, 1.165) is 5.56 Å². The largest absolute Gasteiger partial charge is 0.352 e. The summed E-state index contributed by atoms with van der Waals surface area (Å²) >= 11 is 0. The van der Waals surface area contributed by atoms with Crippen LogP contribution in [-0.2, 0) is 19.7 Å². The van der Waals surface area contributed by atoms with Crippen LogP contribution in [0.25, 0.3) is 0 Å². The molecular weight excluding hydrogens is 416 g/mol. The summed E-state index contributed by atoms with van der Waals surface area (Å²) in [5.74, 6) is -0.814. The average Bonchev–Trinajstić information content (AvgIpc) is 2.76. The molecule has 0 fully saturated rings. The molecule has 0 unspecified atom stereocenters. The van der Waals surface area contributed by atoms with Crippen LogP contribution in [0.1, 0.15) is 21.5 Å². The highest BCUT2D eigenvalue weighted by Gasteiger charge is 2.27. The third-order valence-corrected chi connectivity index (χ3v) is 5.87. The summed E-state index contributed by atoms with van der Waals surface area (Å²) in [6.07, 6.45) is 6.77. The van der Waals surface area contributed by atoms with Crippen molar-refractivity contribution >= 4 is 33.0 Å². The number of ketones is 2. The SMILES string of the molecule is Cc1ccc(S(=O)(=O)/N=C2/C=C(ON=C3C=CC(=O)C=C3)C(=O)c3ccccc32)cc1. The van der Waals surface area contributed by atoms with Crippen molar-refractivity contribution in [2.45, 2.75) is 11.8 Å². The van der Waals surface area contributed by atoms with Crippen LogP contribution in [0.4, 0.5) is 0 Å². The molecule has 7 nitrogen and oxygen atoms in total. The molecule has 154 valence electrons. The molecular formula is C23H16N2O5S. The van der Waals surface area contributed by atoms with E-state index >= 15 is 0 Å². The summed E-state index contributed by atoms with van der Waals surface area (Å²) in [6, 6.07) is 12.9. The highest BCUT2D eigenvalue weighted by molar-refractivity contribution is 7.90. The number of rotatable bonds is 4. The molecule has 31 heavy (non-hydrogen) atoms. The lowest BCUT2D eigenvalue weighted by atomic mass is 9.93. The second kappa shape index (κ2) is 8.08. The number of oxime groups is 1. The van der Waals surface area contributed by atoms with Crippen molar-refractivity contribution < 1.29 is 22.8 Å². The second-order valence-electron chi connectivity index (χ2n) is 6.82. The van der Waals surface area contributed by atoms with Crippen molar-refractivity contribution in [1.82, 2.24) is 0 Å². The van der Waals surface area contributed by atoms with Crippen LogP contribution in [0.15, 0.2) is 99.1 Å². The average molecular weight is 432 g/mol. The van der Waals surface area contributed by atoms with Gasteiger partial charge in [-0.2, -0.15) is 12.8 Å². The number of Topliss-reactive ketones (excluding diaryl/α,β-unsaturated/α-hetero) is 1. The number of sulfonamides is 1. The number of carbonyl (C=O) groups excluding carboxylic acids is 2. The zero-order chi connectivity index (χ0) is 22.0. The summed E-state index contributed by atoms with van der Waals surface area (Å²) in [6.45, 7) is 1.85. The van der Waals surface area contributed by atoms with Crippen molar-refractivity contribution in [2.75, 3.05) is 0 Å². The topological polar surface area (TPSA) is 102 Å². The van der Waals surface area contributed by atoms with E-state index in [1.54, 1.807) is 36.4 Å². The van der Waals surface area contributed by atoms with Gasteiger partial charge >= 0.3 is 0 Å². The van der Waals surface area contributed by atoms with Gasteiger partial charge in [-0.05, 0) is 43.4 Å². The van der Waals surface area contributed by atoms with Crippen molar-refractivity contribution in [3.05, 3.63) is 101 Å². The summed E-state index contributed by atoms with van der Waals surface area (Å²) < 4.78 is 29.6. The van der Waals surface area contributed by atoms with Crippen LogP contribution < -0.4 is 0 Å². The Labute approximate surface area is 178 Å². The fraction of sp³-hybridized carbons (Fsp3) is 0.0435. The van der Waals surface area contributed by atoms with E-state index in [-0.39, 0.29) is 27.7 Å². The highest BCUT2D eigenvalue weighted by Crippen LogP contribution is 2.25. The summed E-state index contributed by atoms with van der Waals surface area (Å²) in [5, 5.41) is 3.86. The molecule has 0 saturated carbocycles. The molecule has 4 rings (SSSR count). The van der Waals surface area contributed by atoms with Gasteiger partial charge in [-0.3, -0.25) is 9.59 Å². The maximum Gasteiger partial charge on any atom is 0.282 e. The number of carbonyl (C=O) groups is 2. The van der Waals surface area contributed by atoms with Gasteiger partial charge in [-0.1, -0.05) is 47.1 Å². The predicted octanol–water partition coefficient (Wildman–Crippen LogP) is 3.32. The van der Waals surface area contributed by atoms with Gasteiger partial charge in [0.15, 0.2) is 5.78 Å². The van der Waals surface area contributed by atoms with Gasteiger partial charge in [0.1, 0.15) is 5.71 Å². The van der Waals surface area contributed by atoms with Crippen LogP contribution in [0.5, 0.6) is 0 Å². The maximum absolute atomic E-state index is 12.8. The number of aryl methyl sites for hydroxylation is 1.